The van der Waals surface area contributed by atoms with E-state index in [9.17, 15) is 4.79 Å². The summed E-state index contributed by atoms with van der Waals surface area (Å²) >= 11 is 0. The van der Waals surface area contributed by atoms with Gasteiger partial charge in [-0.1, -0.05) is 0 Å². The largest absolute Gasteiger partial charge is 0.379 e. The smallest absolute Gasteiger partial charge is 0.259 e. The van der Waals surface area contributed by atoms with Crippen LogP contribution < -0.4 is 0 Å². The summed E-state index contributed by atoms with van der Waals surface area (Å²) in [6.45, 7) is 9.18. The molecule has 2 aromatic heterocycles. The molecule has 0 unspecified atom stereocenters. The molecule has 2 fully saturated rings. The van der Waals surface area contributed by atoms with Crippen LogP contribution in [-0.4, -0.2) is 75.7 Å². The molecule has 0 aliphatic carbocycles. The molecule has 1 amide bonds. The zero-order valence-electron chi connectivity index (χ0n) is 15.6. The summed E-state index contributed by atoms with van der Waals surface area (Å²) in [5.41, 5.74) is 3.19. The minimum Gasteiger partial charge on any atom is -0.379 e. The monoisotopic (exact) mass is 357 g/mol. The quantitative estimate of drug-likeness (QED) is 0.836. The molecular formula is C19H27N5O2. The van der Waals surface area contributed by atoms with Gasteiger partial charge in [-0.05, 0) is 39.2 Å². The molecule has 140 valence electrons. The Morgan fingerprint density at radius 1 is 1.23 bits per heavy atom. The fraction of sp³-hybridized carbons (Fsp3) is 0.632. The van der Waals surface area contributed by atoms with Crippen LogP contribution >= 0.6 is 0 Å². The van der Waals surface area contributed by atoms with Gasteiger partial charge in [0.2, 0.25) is 0 Å². The van der Waals surface area contributed by atoms with E-state index < -0.39 is 0 Å². The van der Waals surface area contributed by atoms with E-state index in [2.05, 4.69) is 19.9 Å². The van der Waals surface area contributed by atoms with Crippen LogP contribution in [0.25, 0.3) is 5.65 Å². The Labute approximate surface area is 153 Å². The van der Waals surface area contributed by atoms with Crippen molar-refractivity contribution in [2.45, 2.75) is 39.2 Å². The Morgan fingerprint density at radius 2 is 2.04 bits per heavy atom. The average Bonchev–Trinajstić information content (AvgIpc) is 3.06. The molecule has 7 heteroatoms. The summed E-state index contributed by atoms with van der Waals surface area (Å²) in [4.78, 5) is 22.4. The van der Waals surface area contributed by atoms with Crippen LogP contribution in [-0.2, 0) is 4.74 Å². The van der Waals surface area contributed by atoms with Crippen molar-refractivity contribution in [3.63, 3.8) is 0 Å². The third kappa shape index (κ3) is 3.33. The van der Waals surface area contributed by atoms with Crippen LogP contribution in [0.1, 0.15) is 41.0 Å². The Hall–Kier alpha value is -1.99. The maximum atomic E-state index is 13.3. The van der Waals surface area contributed by atoms with Crippen molar-refractivity contribution in [1.29, 1.82) is 0 Å². The molecule has 1 atom stereocenters. The molecule has 0 bridgehead atoms. The summed E-state index contributed by atoms with van der Waals surface area (Å²) in [7, 11) is 0. The number of morpholine rings is 1. The van der Waals surface area contributed by atoms with Gasteiger partial charge in [0, 0.05) is 43.6 Å². The maximum Gasteiger partial charge on any atom is 0.259 e. The van der Waals surface area contributed by atoms with Gasteiger partial charge in [-0.15, -0.1) is 0 Å². The molecule has 0 N–H and O–H groups in total. The van der Waals surface area contributed by atoms with E-state index in [1.165, 1.54) is 6.42 Å². The van der Waals surface area contributed by atoms with Gasteiger partial charge < -0.3 is 9.64 Å². The SMILES string of the molecule is Cc1cc(C)n2ncc(C(=O)N3CCCC[C@@H]3CN3CCOCC3)c2n1. The van der Waals surface area contributed by atoms with Gasteiger partial charge in [-0.2, -0.15) is 5.10 Å². The first-order valence-corrected chi connectivity index (χ1v) is 9.56. The third-order valence-electron chi connectivity index (χ3n) is 5.47. The molecule has 2 aromatic rings. The molecule has 0 spiro atoms. The number of likely N-dealkylation sites (tertiary alicyclic amines) is 1. The van der Waals surface area contributed by atoms with Gasteiger partial charge in [0.15, 0.2) is 5.65 Å². The number of aryl methyl sites for hydroxylation is 2. The normalized spacial score (nSPS) is 22.1. The molecular weight excluding hydrogens is 330 g/mol. The number of hydrogen-bond acceptors (Lipinski definition) is 5. The Kier molecular flexibility index (Phi) is 4.91. The Bertz CT molecular complexity index is 797. The zero-order chi connectivity index (χ0) is 18.1. The predicted octanol–water partition coefficient (Wildman–Crippen LogP) is 1.67. The highest BCUT2D eigenvalue weighted by molar-refractivity contribution is 6.00. The molecule has 4 heterocycles. The summed E-state index contributed by atoms with van der Waals surface area (Å²) in [6.07, 6.45) is 4.99. The second kappa shape index (κ2) is 7.32. The number of amides is 1. The third-order valence-corrected chi connectivity index (χ3v) is 5.47. The van der Waals surface area contributed by atoms with Crippen LogP contribution in [0, 0.1) is 13.8 Å². The number of nitrogens with zero attached hydrogens (tertiary/aromatic N) is 5. The highest BCUT2D eigenvalue weighted by Crippen LogP contribution is 2.23. The summed E-state index contributed by atoms with van der Waals surface area (Å²) < 4.78 is 7.22. The van der Waals surface area contributed by atoms with Crippen molar-refractivity contribution >= 4 is 11.6 Å². The lowest BCUT2D eigenvalue weighted by Gasteiger charge is -2.39. The van der Waals surface area contributed by atoms with Gasteiger partial charge in [-0.25, -0.2) is 9.50 Å². The van der Waals surface area contributed by atoms with Crippen LogP contribution in [0.15, 0.2) is 12.3 Å². The van der Waals surface area contributed by atoms with E-state index in [4.69, 9.17) is 4.74 Å². The molecule has 0 saturated carbocycles. The van der Waals surface area contributed by atoms with Gasteiger partial charge in [0.1, 0.15) is 5.56 Å². The molecule has 4 rings (SSSR count). The number of piperidine rings is 1. The Morgan fingerprint density at radius 3 is 2.85 bits per heavy atom. The first-order chi connectivity index (χ1) is 12.6. The molecule has 7 nitrogen and oxygen atoms in total. The molecule has 2 saturated heterocycles. The van der Waals surface area contributed by atoms with Gasteiger partial charge in [0.05, 0.1) is 19.4 Å². The number of carbonyl (C=O) groups is 1. The molecule has 0 radical (unpaired) electrons. The first-order valence-electron chi connectivity index (χ1n) is 9.56. The van der Waals surface area contributed by atoms with Gasteiger partial charge in [-0.3, -0.25) is 9.69 Å². The highest BCUT2D eigenvalue weighted by atomic mass is 16.5. The van der Waals surface area contributed by atoms with Crippen molar-refractivity contribution in [3.8, 4) is 0 Å². The van der Waals surface area contributed by atoms with Gasteiger partial charge >= 0.3 is 0 Å². The lowest BCUT2D eigenvalue weighted by molar-refractivity contribution is 0.0166. The second-order valence-electron chi connectivity index (χ2n) is 7.39. The van der Waals surface area contributed by atoms with Crippen molar-refractivity contribution in [2.24, 2.45) is 0 Å². The second-order valence-corrected chi connectivity index (χ2v) is 7.39. The van der Waals surface area contributed by atoms with Crippen LogP contribution in [0.3, 0.4) is 0 Å². The van der Waals surface area contributed by atoms with Crippen LogP contribution in [0.4, 0.5) is 0 Å². The molecule has 2 aliphatic heterocycles. The average molecular weight is 357 g/mol. The van der Waals surface area contributed by atoms with E-state index in [0.717, 1.165) is 63.6 Å². The molecule has 2 aliphatic rings. The van der Waals surface area contributed by atoms with Crippen molar-refractivity contribution in [2.75, 3.05) is 39.4 Å². The number of carbonyl (C=O) groups excluding carboxylic acids is 1. The number of fused-ring (bicyclic) bond motifs is 1. The fourth-order valence-electron chi connectivity index (χ4n) is 4.12. The topological polar surface area (TPSA) is 63.0 Å². The minimum atomic E-state index is 0.0652. The highest BCUT2D eigenvalue weighted by Gasteiger charge is 2.31. The van der Waals surface area contributed by atoms with Crippen molar-refractivity contribution < 1.29 is 9.53 Å². The van der Waals surface area contributed by atoms with E-state index in [1.807, 2.05) is 19.9 Å². The maximum absolute atomic E-state index is 13.3. The summed E-state index contributed by atoms with van der Waals surface area (Å²) in [6, 6.07) is 2.24. The number of hydrogen-bond donors (Lipinski definition) is 0. The predicted molar refractivity (Wildman–Crippen MR) is 98.4 cm³/mol. The van der Waals surface area contributed by atoms with Crippen molar-refractivity contribution in [1.82, 2.24) is 24.4 Å². The van der Waals surface area contributed by atoms with E-state index in [-0.39, 0.29) is 11.9 Å². The lowest BCUT2D eigenvalue weighted by atomic mass is 10.0. The van der Waals surface area contributed by atoms with Crippen molar-refractivity contribution in [3.05, 3.63) is 29.2 Å². The van der Waals surface area contributed by atoms with Gasteiger partial charge in [0.25, 0.3) is 5.91 Å². The number of aromatic nitrogens is 3. The number of ether oxygens (including phenoxy) is 1. The summed E-state index contributed by atoms with van der Waals surface area (Å²) in [5, 5.41) is 4.40. The van der Waals surface area contributed by atoms with E-state index >= 15 is 0 Å². The molecule has 0 aromatic carbocycles. The molecule has 26 heavy (non-hydrogen) atoms. The lowest BCUT2D eigenvalue weighted by Crippen LogP contribution is -2.51. The first kappa shape index (κ1) is 17.4. The van der Waals surface area contributed by atoms with E-state index in [0.29, 0.717) is 11.2 Å². The Balaban J connectivity index is 1.59. The minimum absolute atomic E-state index is 0.0652. The fourth-order valence-corrected chi connectivity index (χ4v) is 4.12. The standard InChI is InChI=1S/C19H27N5O2/c1-14-11-15(2)24-18(21-14)17(12-20-24)19(25)23-6-4-3-5-16(23)13-22-7-9-26-10-8-22/h11-12,16H,3-10,13H2,1-2H3/t16-/m1/s1. The van der Waals surface area contributed by atoms with E-state index in [1.54, 1.807) is 10.7 Å². The van der Waals surface area contributed by atoms with Crippen LogP contribution in [0.2, 0.25) is 0 Å². The summed E-state index contributed by atoms with van der Waals surface area (Å²) in [5.74, 6) is 0.0652. The zero-order valence-corrected chi connectivity index (χ0v) is 15.6. The van der Waals surface area contributed by atoms with Crippen LogP contribution in [0.5, 0.6) is 0 Å². The number of rotatable bonds is 3.